The van der Waals surface area contributed by atoms with Crippen molar-refractivity contribution in [3.63, 3.8) is 0 Å². The summed E-state index contributed by atoms with van der Waals surface area (Å²) in [7, 11) is 0. The number of esters is 1. The largest absolute Gasteiger partial charge is 0.466 e. The lowest BCUT2D eigenvalue weighted by molar-refractivity contribution is -0.155. The Labute approximate surface area is 205 Å². The maximum Gasteiger partial charge on any atom is 0.310 e. The smallest absolute Gasteiger partial charge is 0.310 e. The van der Waals surface area contributed by atoms with Crippen LogP contribution < -0.4 is 5.32 Å². The SMILES string of the molecule is CCOC(=O)[C@H]1[C@H]2C(=O)N(CCCCCCO)[C@H](C(=O)NC(C)(C)CC(C)(C)C)[C@H]2C=C[C@H]1C. The standard InChI is InChI=1S/C27H46N2O5/c1-8-34-25(33)20-18(2)13-14-19-21(20)24(32)29(15-11-9-10-12-16-30)22(19)23(31)28-27(6,7)17-26(3,4)5/h13-14,18-22,30H,8-12,15-17H2,1-7H3,(H,28,31)/t18-,19+,20-,21+,22+/m1/s1. The molecule has 0 aromatic carbocycles. The number of carbonyl (C=O) groups is 3. The Bertz CT molecular complexity index is 755. The fourth-order valence-electron chi connectivity index (χ4n) is 5.96. The number of hydrogen-bond acceptors (Lipinski definition) is 5. The minimum atomic E-state index is -0.643. The molecule has 0 aromatic heterocycles. The second-order valence-electron chi connectivity index (χ2n) is 11.8. The van der Waals surface area contributed by atoms with E-state index in [2.05, 4.69) is 26.1 Å². The first-order chi connectivity index (χ1) is 15.8. The van der Waals surface area contributed by atoms with Crippen molar-refractivity contribution in [1.29, 1.82) is 0 Å². The quantitative estimate of drug-likeness (QED) is 0.268. The molecule has 0 saturated carbocycles. The van der Waals surface area contributed by atoms with Crippen LogP contribution in [-0.2, 0) is 19.1 Å². The third-order valence-corrected chi connectivity index (χ3v) is 6.84. The summed E-state index contributed by atoms with van der Waals surface area (Å²) in [6, 6.07) is -0.643. The van der Waals surface area contributed by atoms with Crippen molar-refractivity contribution in [1.82, 2.24) is 10.2 Å². The molecule has 2 N–H and O–H groups in total. The van der Waals surface area contributed by atoms with Gasteiger partial charge in [0.05, 0.1) is 18.4 Å². The number of amides is 2. The van der Waals surface area contributed by atoms with Gasteiger partial charge in [-0.2, -0.15) is 0 Å². The van der Waals surface area contributed by atoms with Crippen LogP contribution in [0.3, 0.4) is 0 Å². The van der Waals surface area contributed by atoms with E-state index in [1.54, 1.807) is 11.8 Å². The molecule has 2 amide bonds. The average molecular weight is 479 g/mol. The van der Waals surface area contributed by atoms with Gasteiger partial charge in [-0.25, -0.2) is 0 Å². The van der Waals surface area contributed by atoms with Crippen LogP contribution in [0.2, 0.25) is 0 Å². The topological polar surface area (TPSA) is 95.9 Å². The van der Waals surface area contributed by atoms with Gasteiger partial charge in [-0.3, -0.25) is 14.4 Å². The van der Waals surface area contributed by atoms with Crippen LogP contribution >= 0.6 is 0 Å². The maximum absolute atomic E-state index is 13.7. The van der Waals surface area contributed by atoms with E-state index < -0.39 is 23.4 Å². The van der Waals surface area contributed by atoms with Gasteiger partial charge >= 0.3 is 5.97 Å². The first-order valence-corrected chi connectivity index (χ1v) is 12.9. The lowest BCUT2D eigenvalue weighted by Crippen LogP contribution is -2.54. The van der Waals surface area contributed by atoms with E-state index in [9.17, 15) is 14.4 Å². The highest BCUT2D eigenvalue weighted by Crippen LogP contribution is 2.44. The van der Waals surface area contributed by atoms with Crippen molar-refractivity contribution in [2.24, 2.45) is 29.1 Å². The van der Waals surface area contributed by atoms with Gasteiger partial charge in [0, 0.05) is 24.6 Å². The molecule has 194 valence electrons. The molecule has 0 radical (unpaired) electrons. The molecule has 7 nitrogen and oxygen atoms in total. The van der Waals surface area contributed by atoms with Crippen molar-refractivity contribution < 1.29 is 24.2 Å². The summed E-state index contributed by atoms with van der Waals surface area (Å²) in [5, 5.41) is 12.3. The predicted octanol–water partition coefficient (Wildman–Crippen LogP) is 3.70. The normalized spacial score (nSPS) is 27.0. The van der Waals surface area contributed by atoms with Crippen LogP contribution in [-0.4, -0.2) is 59.1 Å². The number of nitrogens with zero attached hydrogens (tertiary/aromatic N) is 1. The highest BCUT2D eigenvalue weighted by Gasteiger charge is 2.57. The zero-order valence-corrected chi connectivity index (χ0v) is 22.2. The number of ether oxygens (including phenoxy) is 1. The Morgan fingerprint density at radius 3 is 2.32 bits per heavy atom. The summed E-state index contributed by atoms with van der Waals surface area (Å²) in [6.45, 7) is 15.0. The van der Waals surface area contributed by atoms with Crippen molar-refractivity contribution in [3.8, 4) is 0 Å². The molecule has 1 aliphatic carbocycles. The highest BCUT2D eigenvalue weighted by atomic mass is 16.5. The van der Waals surface area contributed by atoms with Crippen LogP contribution in [0.1, 0.15) is 80.6 Å². The second-order valence-corrected chi connectivity index (χ2v) is 11.8. The van der Waals surface area contributed by atoms with Gasteiger partial charge in [0.15, 0.2) is 0 Å². The number of aliphatic hydroxyl groups excluding tert-OH is 1. The molecule has 34 heavy (non-hydrogen) atoms. The number of hydrogen-bond donors (Lipinski definition) is 2. The number of unbranched alkanes of at least 4 members (excludes halogenated alkanes) is 3. The van der Waals surface area contributed by atoms with E-state index in [1.807, 2.05) is 32.9 Å². The van der Waals surface area contributed by atoms with E-state index in [0.29, 0.717) is 6.54 Å². The van der Waals surface area contributed by atoms with E-state index in [1.165, 1.54) is 0 Å². The van der Waals surface area contributed by atoms with Gasteiger partial charge in [0.2, 0.25) is 11.8 Å². The van der Waals surface area contributed by atoms with E-state index in [-0.39, 0.29) is 48.2 Å². The Kier molecular flexibility index (Phi) is 9.75. The van der Waals surface area contributed by atoms with Gasteiger partial charge in [-0.05, 0) is 51.4 Å². The van der Waals surface area contributed by atoms with Crippen LogP contribution in [0.15, 0.2) is 12.2 Å². The van der Waals surface area contributed by atoms with Crippen LogP contribution in [0.25, 0.3) is 0 Å². The molecule has 1 heterocycles. The molecule has 1 saturated heterocycles. The number of fused-ring (bicyclic) bond motifs is 1. The van der Waals surface area contributed by atoms with Crippen molar-refractivity contribution in [2.45, 2.75) is 92.2 Å². The summed E-state index contributed by atoms with van der Waals surface area (Å²) in [5.41, 5.74) is -0.401. The summed E-state index contributed by atoms with van der Waals surface area (Å²) in [5.74, 6) is -2.31. The number of nitrogens with one attached hydrogen (secondary N) is 1. The maximum atomic E-state index is 13.7. The van der Waals surface area contributed by atoms with Gasteiger partial charge in [0.1, 0.15) is 6.04 Å². The summed E-state index contributed by atoms with van der Waals surface area (Å²) >= 11 is 0. The molecule has 1 aliphatic heterocycles. The molecule has 0 spiro atoms. The van der Waals surface area contributed by atoms with E-state index in [0.717, 1.165) is 32.1 Å². The van der Waals surface area contributed by atoms with Crippen molar-refractivity contribution in [2.75, 3.05) is 19.8 Å². The van der Waals surface area contributed by atoms with Gasteiger partial charge in [0.25, 0.3) is 0 Å². The predicted molar refractivity (Wildman–Crippen MR) is 133 cm³/mol. The average Bonchev–Trinajstić information content (AvgIpc) is 2.97. The van der Waals surface area contributed by atoms with Gasteiger partial charge in [-0.15, -0.1) is 0 Å². The van der Waals surface area contributed by atoms with Crippen molar-refractivity contribution in [3.05, 3.63) is 12.2 Å². The monoisotopic (exact) mass is 478 g/mol. The van der Waals surface area contributed by atoms with E-state index in [4.69, 9.17) is 9.84 Å². The van der Waals surface area contributed by atoms with Gasteiger partial charge < -0.3 is 20.1 Å². The van der Waals surface area contributed by atoms with Gasteiger partial charge in [-0.1, -0.05) is 52.7 Å². The number of aliphatic hydroxyl groups is 1. The highest BCUT2D eigenvalue weighted by molar-refractivity contribution is 5.96. The lowest BCUT2D eigenvalue weighted by atomic mass is 9.70. The number of carbonyl (C=O) groups excluding carboxylic acids is 3. The molecule has 0 aromatic rings. The van der Waals surface area contributed by atoms with Crippen molar-refractivity contribution >= 4 is 17.8 Å². The Morgan fingerprint density at radius 1 is 1.09 bits per heavy atom. The first-order valence-electron chi connectivity index (χ1n) is 12.9. The second kappa shape index (κ2) is 11.7. The Morgan fingerprint density at radius 2 is 1.74 bits per heavy atom. The molecule has 2 rings (SSSR count). The summed E-state index contributed by atoms with van der Waals surface area (Å²) < 4.78 is 5.33. The molecule has 0 bridgehead atoms. The summed E-state index contributed by atoms with van der Waals surface area (Å²) in [4.78, 5) is 41.9. The number of allylic oxidation sites excluding steroid dienone is 1. The number of rotatable bonds is 11. The molecule has 0 unspecified atom stereocenters. The number of likely N-dealkylation sites (tertiary alicyclic amines) is 1. The van der Waals surface area contributed by atoms with Crippen LogP contribution in [0.5, 0.6) is 0 Å². The zero-order valence-electron chi connectivity index (χ0n) is 22.2. The fourth-order valence-corrected chi connectivity index (χ4v) is 5.96. The zero-order chi connectivity index (χ0) is 25.7. The molecular formula is C27H46N2O5. The van der Waals surface area contributed by atoms with E-state index >= 15 is 0 Å². The lowest BCUT2D eigenvalue weighted by Gasteiger charge is -2.36. The minimum absolute atomic E-state index is 0.0341. The fraction of sp³-hybridized carbons (Fsp3) is 0.815. The van der Waals surface area contributed by atoms with Crippen LogP contribution in [0, 0.1) is 29.1 Å². The van der Waals surface area contributed by atoms with Crippen LogP contribution in [0.4, 0.5) is 0 Å². The third-order valence-electron chi connectivity index (χ3n) is 6.84. The minimum Gasteiger partial charge on any atom is -0.466 e. The first kappa shape index (κ1) is 28.3. The third kappa shape index (κ3) is 7.06. The molecule has 1 fully saturated rings. The summed E-state index contributed by atoms with van der Waals surface area (Å²) in [6.07, 6.45) is 7.95. The molecular weight excluding hydrogens is 432 g/mol. The molecule has 5 atom stereocenters. The Balaban J connectivity index is 2.33. The molecule has 2 aliphatic rings. The Hall–Kier alpha value is -1.89. The molecule has 7 heteroatoms.